The molecular formula is C17H33N. The molecule has 0 amide bonds. The molecule has 2 unspecified atom stereocenters. The van der Waals surface area contributed by atoms with Crippen molar-refractivity contribution < 1.29 is 0 Å². The first-order chi connectivity index (χ1) is 8.55. The summed E-state index contributed by atoms with van der Waals surface area (Å²) >= 11 is 0. The highest BCUT2D eigenvalue weighted by Crippen LogP contribution is 2.38. The highest BCUT2D eigenvalue weighted by molar-refractivity contribution is 4.86. The second kappa shape index (κ2) is 6.41. The Kier molecular flexibility index (Phi) is 5.12. The molecule has 0 aromatic heterocycles. The molecule has 2 aliphatic carbocycles. The summed E-state index contributed by atoms with van der Waals surface area (Å²) in [6.07, 6.45) is 13.1. The third kappa shape index (κ3) is 4.57. The van der Waals surface area contributed by atoms with Gasteiger partial charge in [-0.25, -0.2) is 0 Å². The topological polar surface area (TPSA) is 12.0 Å². The van der Waals surface area contributed by atoms with Crippen LogP contribution in [-0.2, 0) is 0 Å². The van der Waals surface area contributed by atoms with Crippen LogP contribution in [0.1, 0.15) is 78.6 Å². The number of rotatable bonds is 5. The van der Waals surface area contributed by atoms with E-state index in [2.05, 4.69) is 26.1 Å². The molecule has 2 saturated carbocycles. The predicted octanol–water partition coefficient (Wildman–Crippen LogP) is 4.76. The van der Waals surface area contributed by atoms with Crippen LogP contribution in [0.15, 0.2) is 0 Å². The maximum Gasteiger partial charge on any atom is 0.00746 e. The van der Waals surface area contributed by atoms with E-state index in [9.17, 15) is 0 Å². The largest absolute Gasteiger partial charge is 0.314 e. The van der Waals surface area contributed by atoms with Gasteiger partial charge in [0.15, 0.2) is 0 Å². The van der Waals surface area contributed by atoms with Gasteiger partial charge in [0.2, 0.25) is 0 Å². The van der Waals surface area contributed by atoms with E-state index < -0.39 is 0 Å². The quantitative estimate of drug-likeness (QED) is 0.695. The minimum Gasteiger partial charge on any atom is -0.314 e. The van der Waals surface area contributed by atoms with E-state index in [1.807, 2.05) is 0 Å². The molecular weight excluding hydrogens is 218 g/mol. The summed E-state index contributed by atoms with van der Waals surface area (Å²) in [7, 11) is 0. The Morgan fingerprint density at radius 2 is 1.83 bits per heavy atom. The lowest BCUT2D eigenvalue weighted by Gasteiger charge is -2.39. The Hall–Kier alpha value is -0.0400. The van der Waals surface area contributed by atoms with Crippen LogP contribution in [0.25, 0.3) is 0 Å². The Bertz CT molecular complexity index is 240. The Labute approximate surface area is 114 Å². The lowest BCUT2D eigenvalue weighted by atomic mass is 9.70. The zero-order valence-corrected chi connectivity index (χ0v) is 12.8. The fourth-order valence-electron chi connectivity index (χ4n) is 4.50. The zero-order chi connectivity index (χ0) is 13.0. The molecule has 2 atom stereocenters. The highest BCUT2D eigenvalue weighted by Gasteiger charge is 2.31. The van der Waals surface area contributed by atoms with Crippen LogP contribution < -0.4 is 5.32 Å². The third-order valence-corrected chi connectivity index (χ3v) is 5.08. The Morgan fingerprint density at radius 1 is 1.11 bits per heavy atom. The van der Waals surface area contributed by atoms with E-state index in [0.717, 1.165) is 17.9 Å². The van der Waals surface area contributed by atoms with E-state index in [1.165, 1.54) is 64.3 Å². The maximum absolute atomic E-state index is 3.83. The lowest BCUT2D eigenvalue weighted by molar-refractivity contribution is 0.151. The normalized spacial score (nSPS) is 32.8. The second-order valence-corrected chi connectivity index (χ2v) is 7.86. The fraction of sp³-hybridized carbons (Fsp3) is 1.00. The summed E-state index contributed by atoms with van der Waals surface area (Å²) < 4.78 is 0. The van der Waals surface area contributed by atoms with Crippen LogP contribution in [-0.4, -0.2) is 12.6 Å². The molecule has 0 radical (unpaired) electrons. The SMILES string of the molecule is CC1CC(NCCCC2CCCC2)CC(C)(C)C1. The van der Waals surface area contributed by atoms with Gasteiger partial charge in [0.25, 0.3) is 0 Å². The average Bonchev–Trinajstić information content (AvgIpc) is 2.74. The molecule has 0 heterocycles. The molecule has 2 fully saturated rings. The molecule has 0 aromatic rings. The summed E-state index contributed by atoms with van der Waals surface area (Å²) in [5.74, 6) is 1.97. The Morgan fingerprint density at radius 3 is 2.50 bits per heavy atom. The van der Waals surface area contributed by atoms with Crippen LogP contribution in [0.4, 0.5) is 0 Å². The molecule has 0 bridgehead atoms. The molecule has 0 aromatic carbocycles. The summed E-state index contributed by atoms with van der Waals surface area (Å²) in [5, 5.41) is 3.83. The van der Waals surface area contributed by atoms with Crippen molar-refractivity contribution in [2.45, 2.75) is 84.6 Å². The van der Waals surface area contributed by atoms with Crippen LogP contribution in [0.2, 0.25) is 0 Å². The number of nitrogens with one attached hydrogen (secondary N) is 1. The minimum absolute atomic E-state index is 0.556. The molecule has 106 valence electrons. The molecule has 1 heteroatoms. The second-order valence-electron chi connectivity index (χ2n) is 7.86. The zero-order valence-electron chi connectivity index (χ0n) is 12.8. The van der Waals surface area contributed by atoms with Crippen LogP contribution in [0.5, 0.6) is 0 Å². The van der Waals surface area contributed by atoms with E-state index in [4.69, 9.17) is 0 Å². The molecule has 0 aliphatic heterocycles. The van der Waals surface area contributed by atoms with Crippen molar-refractivity contribution >= 4 is 0 Å². The first-order valence-electron chi connectivity index (χ1n) is 8.28. The molecule has 2 rings (SSSR count). The fourth-order valence-corrected chi connectivity index (χ4v) is 4.50. The molecule has 18 heavy (non-hydrogen) atoms. The molecule has 0 spiro atoms. The maximum atomic E-state index is 3.83. The van der Waals surface area contributed by atoms with Gasteiger partial charge in [-0.2, -0.15) is 0 Å². The van der Waals surface area contributed by atoms with E-state index in [-0.39, 0.29) is 0 Å². The highest BCUT2D eigenvalue weighted by atomic mass is 14.9. The molecule has 1 N–H and O–H groups in total. The molecule has 2 aliphatic rings. The van der Waals surface area contributed by atoms with Crippen molar-refractivity contribution in [2.75, 3.05) is 6.54 Å². The van der Waals surface area contributed by atoms with Gasteiger partial charge in [-0.3, -0.25) is 0 Å². The van der Waals surface area contributed by atoms with Crippen LogP contribution in [0, 0.1) is 17.3 Å². The first kappa shape index (κ1) is 14.4. The van der Waals surface area contributed by atoms with E-state index in [0.29, 0.717) is 5.41 Å². The van der Waals surface area contributed by atoms with Gasteiger partial charge in [-0.15, -0.1) is 0 Å². The van der Waals surface area contributed by atoms with Gasteiger partial charge < -0.3 is 5.32 Å². The van der Waals surface area contributed by atoms with Gasteiger partial charge in [-0.05, 0) is 55.9 Å². The van der Waals surface area contributed by atoms with Gasteiger partial charge in [0.1, 0.15) is 0 Å². The summed E-state index contributed by atoms with van der Waals surface area (Å²) in [5.41, 5.74) is 0.556. The standard InChI is InChI=1S/C17H33N/c1-14-11-16(13-17(2,3)12-14)18-10-6-9-15-7-4-5-8-15/h14-16,18H,4-13H2,1-3H3. The average molecular weight is 251 g/mol. The molecule has 0 saturated heterocycles. The first-order valence-corrected chi connectivity index (χ1v) is 8.28. The molecule has 1 nitrogen and oxygen atoms in total. The van der Waals surface area contributed by atoms with Gasteiger partial charge >= 0.3 is 0 Å². The minimum atomic E-state index is 0.556. The van der Waals surface area contributed by atoms with Gasteiger partial charge in [0, 0.05) is 6.04 Å². The van der Waals surface area contributed by atoms with E-state index in [1.54, 1.807) is 0 Å². The van der Waals surface area contributed by atoms with Crippen molar-refractivity contribution in [3.05, 3.63) is 0 Å². The summed E-state index contributed by atoms with van der Waals surface area (Å²) in [6.45, 7) is 8.56. The van der Waals surface area contributed by atoms with Crippen LogP contribution in [0.3, 0.4) is 0 Å². The third-order valence-electron chi connectivity index (χ3n) is 5.08. The van der Waals surface area contributed by atoms with Crippen molar-refractivity contribution in [3.8, 4) is 0 Å². The predicted molar refractivity (Wildman–Crippen MR) is 79.8 cm³/mol. The summed E-state index contributed by atoms with van der Waals surface area (Å²) in [6, 6.07) is 0.785. The van der Waals surface area contributed by atoms with Crippen molar-refractivity contribution in [2.24, 2.45) is 17.3 Å². The van der Waals surface area contributed by atoms with Gasteiger partial charge in [-0.1, -0.05) is 46.5 Å². The smallest absolute Gasteiger partial charge is 0.00746 e. The number of hydrogen-bond donors (Lipinski definition) is 1. The van der Waals surface area contributed by atoms with Crippen molar-refractivity contribution in [1.82, 2.24) is 5.32 Å². The summed E-state index contributed by atoms with van der Waals surface area (Å²) in [4.78, 5) is 0. The van der Waals surface area contributed by atoms with Crippen molar-refractivity contribution in [1.29, 1.82) is 0 Å². The lowest BCUT2D eigenvalue weighted by Crippen LogP contribution is -2.40. The Balaban J connectivity index is 1.60. The van der Waals surface area contributed by atoms with Crippen LogP contribution >= 0.6 is 0 Å². The van der Waals surface area contributed by atoms with E-state index >= 15 is 0 Å². The van der Waals surface area contributed by atoms with Crippen molar-refractivity contribution in [3.63, 3.8) is 0 Å². The van der Waals surface area contributed by atoms with Gasteiger partial charge in [0.05, 0.1) is 0 Å². The number of hydrogen-bond acceptors (Lipinski definition) is 1. The monoisotopic (exact) mass is 251 g/mol.